The fourth-order valence-corrected chi connectivity index (χ4v) is 3.17. The Morgan fingerprint density at radius 2 is 1.96 bits per heavy atom. The summed E-state index contributed by atoms with van der Waals surface area (Å²) in [7, 11) is 0. The molecule has 3 rings (SSSR count). The molecule has 1 aliphatic rings. The maximum Gasteiger partial charge on any atom is 0.345 e. The average Bonchev–Trinajstić information content (AvgIpc) is 3.02. The largest absolute Gasteiger partial charge is 0.508 e. The molecule has 6 nitrogen and oxygen atoms in total. The standard InChI is InChI=1S/C17H13Cl2NO5/c18-13-10(15(22)7-1-2-11(21)9(3-7)6-20)4-8-5-12(17(23)24)25-16(8)14(13)19/h1-4,12,21H,5-6,20H2,(H,23,24). The lowest BCUT2D eigenvalue weighted by Crippen LogP contribution is -2.24. The van der Waals surface area contributed by atoms with Crippen LogP contribution in [0.1, 0.15) is 27.0 Å². The first-order chi connectivity index (χ1) is 11.8. The van der Waals surface area contributed by atoms with Crippen LogP contribution in [0.25, 0.3) is 0 Å². The molecular weight excluding hydrogens is 369 g/mol. The third-order valence-electron chi connectivity index (χ3n) is 3.99. The average molecular weight is 382 g/mol. The van der Waals surface area contributed by atoms with Gasteiger partial charge in [0.05, 0.1) is 5.02 Å². The third kappa shape index (κ3) is 3.04. The van der Waals surface area contributed by atoms with E-state index in [2.05, 4.69) is 0 Å². The number of carbonyl (C=O) groups is 2. The Bertz CT molecular complexity index is 897. The summed E-state index contributed by atoms with van der Waals surface area (Å²) >= 11 is 12.4. The summed E-state index contributed by atoms with van der Waals surface area (Å²) in [6, 6.07) is 5.79. The maximum atomic E-state index is 12.8. The molecule has 4 N–H and O–H groups in total. The molecule has 25 heavy (non-hydrogen) atoms. The van der Waals surface area contributed by atoms with E-state index in [0.717, 1.165) is 0 Å². The lowest BCUT2D eigenvalue weighted by molar-refractivity contribution is -0.144. The predicted molar refractivity (Wildman–Crippen MR) is 91.6 cm³/mol. The van der Waals surface area contributed by atoms with E-state index >= 15 is 0 Å². The Kier molecular flexibility index (Phi) is 4.60. The molecule has 0 amide bonds. The maximum absolute atomic E-state index is 12.8. The van der Waals surface area contributed by atoms with E-state index in [1.807, 2.05) is 0 Å². The lowest BCUT2D eigenvalue weighted by Gasteiger charge is -2.11. The second-order valence-corrected chi connectivity index (χ2v) is 6.32. The Hall–Kier alpha value is -2.28. The highest BCUT2D eigenvalue weighted by atomic mass is 35.5. The van der Waals surface area contributed by atoms with Gasteiger partial charge in [-0.05, 0) is 24.3 Å². The van der Waals surface area contributed by atoms with Gasteiger partial charge in [-0.1, -0.05) is 23.2 Å². The fraction of sp³-hybridized carbons (Fsp3) is 0.176. The summed E-state index contributed by atoms with van der Waals surface area (Å²) in [5.74, 6) is -1.36. The predicted octanol–water partition coefficient (Wildman–Crippen LogP) is 2.78. The van der Waals surface area contributed by atoms with Gasteiger partial charge in [0.1, 0.15) is 16.5 Å². The topological polar surface area (TPSA) is 110 Å². The second kappa shape index (κ2) is 6.55. The molecule has 0 radical (unpaired) electrons. The molecule has 1 aliphatic heterocycles. The zero-order valence-electron chi connectivity index (χ0n) is 12.8. The summed E-state index contributed by atoms with van der Waals surface area (Å²) < 4.78 is 5.30. The Balaban J connectivity index is 2.04. The number of halogens is 2. The van der Waals surface area contributed by atoms with Crippen molar-refractivity contribution in [1.29, 1.82) is 0 Å². The zero-order valence-corrected chi connectivity index (χ0v) is 14.3. The number of carboxylic acids is 1. The summed E-state index contributed by atoms with van der Waals surface area (Å²) in [5.41, 5.74) is 6.88. The van der Waals surface area contributed by atoms with Gasteiger partial charge in [-0.3, -0.25) is 4.79 Å². The monoisotopic (exact) mass is 381 g/mol. The number of aliphatic carboxylic acids is 1. The molecule has 0 saturated heterocycles. The van der Waals surface area contributed by atoms with Gasteiger partial charge in [0, 0.05) is 35.2 Å². The minimum absolute atomic E-state index is 0.00379. The molecule has 8 heteroatoms. The van der Waals surface area contributed by atoms with Crippen molar-refractivity contribution in [3.63, 3.8) is 0 Å². The van der Waals surface area contributed by atoms with E-state index in [-0.39, 0.29) is 45.6 Å². The second-order valence-electron chi connectivity index (χ2n) is 5.57. The van der Waals surface area contributed by atoms with E-state index in [0.29, 0.717) is 11.1 Å². The number of phenolic OH excluding ortho intramolecular Hbond substituents is 1. The Labute approximate surface area is 152 Å². The van der Waals surface area contributed by atoms with E-state index in [4.69, 9.17) is 38.8 Å². The summed E-state index contributed by atoms with van der Waals surface area (Å²) in [6.45, 7) is 0.0692. The number of ether oxygens (including phenoxy) is 1. The van der Waals surface area contributed by atoms with Crippen LogP contribution in [-0.2, 0) is 17.8 Å². The fourth-order valence-electron chi connectivity index (χ4n) is 2.67. The van der Waals surface area contributed by atoms with Crippen molar-refractivity contribution >= 4 is 35.0 Å². The highest BCUT2D eigenvalue weighted by molar-refractivity contribution is 6.45. The van der Waals surface area contributed by atoms with Gasteiger partial charge in [-0.2, -0.15) is 0 Å². The smallest absolute Gasteiger partial charge is 0.345 e. The molecule has 2 aromatic rings. The van der Waals surface area contributed by atoms with E-state index < -0.39 is 17.9 Å². The molecule has 2 aromatic carbocycles. The highest BCUT2D eigenvalue weighted by Gasteiger charge is 2.33. The van der Waals surface area contributed by atoms with Crippen LogP contribution in [0.2, 0.25) is 10.0 Å². The van der Waals surface area contributed by atoms with Crippen LogP contribution in [0.3, 0.4) is 0 Å². The molecule has 0 aromatic heterocycles. The van der Waals surface area contributed by atoms with Crippen LogP contribution in [0.5, 0.6) is 11.5 Å². The van der Waals surface area contributed by atoms with Crippen LogP contribution in [0.15, 0.2) is 24.3 Å². The zero-order chi connectivity index (χ0) is 18.3. The number of phenols is 1. The van der Waals surface area contributed by atoms with Crippen molar-refractivity contribution in [2.75, 3.05) is 0 Å². The van der Waals surface area contributed by atoms with Gasteiger partial charge >= 0.3 is 5.97 Å². The number of aromatic hydroxyl groups is 1. The first-order valence-corrected chi connectivity index (χ1v) is 8.06. The van der Waals surface area contributed by atoms with E-state index in [1.54, 1.807) is 0 Å². The van der Waals surface area contributed by atoms with Gasteiger partial charge in [0.2, 0.25) is 0 Å². The number of rotatable bonds is 4. The van der Waals surface area contributed by atoms with Crippen LogP contribution < -0.4 is 10.5 Å². The molecule has 1 heterocycles. The van der Waals surface area contributed by atoms with Crippen LogP contribution in [-0.4, -0.2) is 28.1 Å². The number of benzene rings is 2. The van der Waals surface area contributed by atoms with Crippen LogP contribution >= 0.6 is 23.2 Å². The molecule has 1 unspecified atom stereocenters. The molecule has 0 saturated carbocycles. The van der Waals surface area contributed by atoms with Gasteiger partial charge in [0.25, 0.3) is 0 Å². The highest BCUT2D eigenvalue weighted by Crippen LogP contribution is 2.43. The van der Waals surface area contributed by atoms with Crippen molar-refractivity contribution < 1.29 is 24.5 Å². The first kappa shape index (κ1) is 17.5. The minimum Gasteiger partial charge on any atom is -0.508 e. The number of carbonyl (C=O) groups excluding carboxylic acids is 1. The Morgan fingerprint density at radius 3 is 2.60 bits per heavy atom. The number of fused-ring (bicyclic) bond motifs is 1. The Morgan fingerprint density at radius 1 is 1.24 bits per heavy atom. The molecule has 130 valence electrons. The SMILES string of the molecule is NCc1cc(C(=O)c2cc3c(c(Cl)c2Cl)OC(C(=O)O)C3)ccc1O. The molecule has 0 bridgehead atoms. The van der Waals surface area contributed by atoms with Gasteiger partial charge < -0.3 is 20.7 Å². The van der Waals surface area contributed by atoms with Gasteiger partial charge in [-0.25, -0.2) is 4.79 Å². The van der Waals surface area contributed by atoms with Gasteiger partial charge in [0.15, 0.2) is 11.9 Å². The molecule has 0 fully saturated rings. The molecule has 0 spiro atoms. The van der Waals surface area contributed by atoms with Crippen molar-refractivity contribution in [2.45, 2.75) is 19.1 Å². The minimum atomic E-state index is -1.12. The number of ketones is 1. The van der Waals surface area contributed by atoms with E-state index in [9.17, 15) is 14.7 Å². The molecule has 0 aliphatic carbocycles. The quantitative estimate of drug-likeness (QED) is 0.702. The molecular formula is C17H13Cl2NO5. The van der Waals surface area contributed by atoms with Crippen molar-refractivity contribution in [3.8, 4) is 11.5 Å². The van der Waals surface area contributed by atoms with Crippen molar-refractivity contribution in [1.82, 2.24) is 0 Å². The third-order valence-corrected chi connectivity index (χ3v) is 4.84. The number of nitrogens with two attached hydrogens (primary N) is 1. The molecule has 1 atom stereocenters. The van der Waals surface area contributed by atoms with Crippen molar-refractivity contribution in [3.05, 3.63) is 56.6 Å². The van der Waals surface area contributed by atoms with Crippen LogP contribution in [0.4, 0.5) is 0 Å². The summed E-state index contributed by atoms with van der Waals surface area (Å²) in [5, 5.41) is 18.8. The number of hydrogen-bond donors (Lipinski definition) is 3. The summed E-state index contributed by atoms with van der Waals surface area (Å²) in [4.78, 5) is 23.9. The van der Waals surface area contributed by atoms with Crippen LogP contribution in [0, 0.1) is 0 Å². The van der Waals surface area contributed by atoms with Gasteiger partial charge in [-0.15, -0.1) is 0 Å². The summed E-state index contributed by atoms with van der Waals surface area (Å²) in [6.07, 6.45) is -0.975. The number of hydrogen-bond acceptors (Lipinski definition) is 5. The van der Waals surface area contributed by atoms with E-state index in [1.165, 1.54) is 24.3 Å². The normalized spacial score (nSPS) is 15.6. The lowest BCUT2D eigenvalue weighted by atomic mass is 9.98. The van der Waals surface area contributed by atoms with Crippen molar-refractivity contribution in [2.24, 2.45) is 5.73 Å². The first-order valence-electron chi connectivity index (χ1n) is 7.30. The number of carboxylic acid groups (broad SMARTS) is 1.